The molecule has 1 unspecified atom stereocenters. The number of carbonyl (C=O) groups excluding carboxylic acids is 4. The van der Waals surface area contributed by atoms with E-state index in [1.165, 1.54) is 12.7 Å². The molecule has 68 heavy (non-hydrogen) atoms. The van der Waals surface area contributed by atoms with E-state index in [1.54, 1.807) is 4.90 Å². The smallest absolute Gasteiger partial charge is 0.319 e. The molecule has 5 fully saturated rings. The number of nitrogen functional groups attached to an aromatic ring is 1. The van der Waals surface area contributed by atoms with Gasteiger partial charge in [-0.2, -0.15) is 5.10 Å². The van der Waals surface area contributed by atoms with Gasteiger partial charge in [-0.3, -0.25) is 24.6 Å². The first-order chi connectivity index (χ1) is 33.2. The van der Waals surface area contributed by atoms with Gasteiger partial charge in [0.15, 0.2) is 5.65 Å². The van der Waals surface area contributed by atoms with Gasteiger partial charge in [0.25, 0.3) is 5.91 Å². The predicted octanol–water partition coefficient (Wildman–Crippen LogP) is 6.87. The van der Waals surface area contributed by atoms with Crippen LogP contribution in [-0.2, 0) is 16.1 Å². The van der Waals surface area contributed by atoms with E-state index in [2.05, 4.69) is 40.6 Å². The number of nitrogens with two attached hydrogens (primary N) is 1. The fraction of sp³-hybridized carbons (Fsp3) is 0.481. The number of rotatable bonds is 9. The van der Waals surface area contributed by atoms with Crippen molar-refractivity contribution in [2.75, 3.05) is 63.0 Å². The maximum Gasteiger partial charge on any atom is 0.319 e. The number of hydrogen-bond acceptors (Lipinski definition) is 11. The maximum absolute atomic E-state index is 13.9. The molecule has 11 rings (SSSR count). The molecule has 0 bridgehead atoms. The van der Waals surface area contributed by atoms with Crippen LogP contribution < -0.4 is 20.7 Å². The molecule has 5 amide bonds. The van der Waals surface area contributed by atoms with Crippen molar-refractivity contribution < 1.29 is 23.9 Å². The van der Waals surface area contributed by atoms with Gasteiger partial charge in [-0.05, 0) is 143 Å². The van der Waals surface area contributed by atoms with Crippen LogP contribution >= 0.6 is 0 Å². The average molecular weight is 920 g/mol. The Labute approximate surface area is 396 Å². The number of amides is 5. The van der Waals surface area contributed by atoms with Gasteiger partial charge in [-0.25, -0.2) is 19.4 Å². The molecule has 16 nitrogen and oxygen atoms in total. The Kier molecular flexibility index (Phi) is 12.2. The van der Waals surface area contributed by atoms with Gasteiger partial charge in [-0.1, -0.05) is 18.2 Å². The van der Waals surface area contributed by atoms with Gasteiger partial charge in [0.2, 0.25) is 11.8 Å². The number of urea groups is 1. The molecule has 0 spiro atoms. The minimum atomic E-state index is -0.599. The molecule has 8 heterocycles. The van der Waals surface area contributed by atoms with Crippen molar-refractivity contribution in [1.29, 1.82) is 0 Å². The number of benzene rings is 3. The van der Waals surface area contributed by atoms with Gasteiger partial charge >= 0.3 is 6.03 Å². The Hall–Kier alpha value is -6.55. The lowest BCUT2D eigenvalue weighted by atomic mass is 9.82. The van der Waals surface area contributed by atoms with Crippen LogP contribution in [0.2, 0.25) is 0 Å². The van der Waals surface area contributed by atoms with Crippen molar-refractivity contribution in [2.45, 2.75) is 95.3 Å². The number of anilines is 2. The van der Waals surface area contributed by atoms with Crippen LogP contribution in [0.5, 0.6) is 11.5 Å². The summed E-state index contributed by atoms with van der Waals surface area (Å²) in [7, 11) is 0. The number of aromatic nitrogens is 4. The highest BCUT2D eigenvalue weighted by atomic mass is 16.5. The normalized spacial score (nSPS) is 22.5. The van der Waals surface area contributed by atoms with Gasteiger partial charge < -0.3 is 30.1 Å². The molecular formula is C52H61N11O5. The highest BCUT2D eigenvalue weighted by molar-refractivity contribution is 6.05. The van der Waals surface area contributed by atoms with Crippen molar-refractivity contribution in [3.63, 3.8) is 0 Å². The van der Waals surface area contributed by atoms with Crippen molar-refractivity contribution >= 4 is 46.3 Å². The van der Waals surface area contributed by atoms with Crippen molar-refractivity contribution in [1.82, 2.24) is 44.7 Å². The highest BCUT2D eigenvalue weighted by Gasteiger charge is 2.40. The first kappa shape index (κ1) is 44.0. The Morgan fingerprint density at radius 2 is 1.46 bits per heavy atom. The second kappa shape index (κ2) is 18.9. The van der Waals surface area contributed by atoms with E-state index in [0.717, 1.165) is 149 Å². The quantitative estimate of drug-likeness (QED) is 0.148. The summed E-state index contributed by atoms with van der Waals surface area (Å²) in [5, 5.41) is 8.35. The molecule has 6 aliphatic rings. The number of piperidine rings is 5. The third-order valence-corrected chi connectivity index (χ3v) is 15.7. The lowest BCUT2D eigenvalue weighted by molar-refractivity contribution is -0.136. The SMILES string of the molecule is Nc1ncnc2c1c(-c1ccc(Oc3ccccc3)cc1)nn2[C@@H]1CCCN(C2CCN(C(=O)N3CCC(CC4CCN(c5ccc6c(c5)CN(C5CCC(=O)NC5=O)C6=O)CC4)CC3)CC2)C1. The lowest BCUT2D eigenvalue weighted by Gasteiger charge is -2.44. The van der Waals surface area contributed by atoms with Crippen LogP contribution in [0.1, 0.15) is 92.6 Å². The minimum Gasteiger partial charge on any atom is -0.457 e. The summed E-state index contributed by atoms with van der Waals surface area (Å²) >= 11 is 0. The van der Waals surface area contributed by atoms with Gasteiger partial charge in [0.05, 0.1) is 11.4 Å². The minimum absolute atomic E-state index is 0.131. The Bertz CT molecular complexity index is 2670. The summed E-state index contributed by atoms with van der Waals surface area (Å²) in [5.74, 6) is 2.47. The highest BCUT2D eigenvalue weighted by Crippen LogP contribution is 2.38. The molecule has 0 radical (unpaired) electrons. The van der Waals surface area contributed by atoms with Gasteiger partial charge in [-0.15, -0.1) is 0 Å². The van der Waals surface area contributed by atoms with Crippen LogP contribution in [0.4, 0.5) is 16.3 Å². The monoisotopic (exact) mass is 919 g/mol. The molecule has 2 aromatic heterocycles. The van der Waals surface area contributed by atoms with E-state index in [1.807, 2.05) is 66.7 Å². The summed E-state index contributed by atoms with van der Waals surface area (Å²) in [6.07, 6.45) is 11.8. The molecule has 3 aromatic carbocycles. The number of likely N-dealkylation sites (tertiary alicyclic amines) is 3. The largest absolute Gasteiger partial charge is 0.457 e. The van der Waals surface area contributed by atoms with E-state index >= 15 is 0 Å². The molecule has 6 aliphatic heterocycles. The number of para-hydroxylation sites is 1. The molecule has 0 aliphatic carbocycles. The summed E-state index contributed by atoms with van der Waals surface area (Å²) in [6, 6.07) is 23.9. The number of nitrogens with one attached hydrogen (secondary N) is 1. The van der Waals surface area contributed by atoms with E-state index < -0.39 is 6.04 Å². The molecule has 0 saturated carbocycles. The number of ether oxygens (including phenoxy) is 1. The molecule has 354 valence electrons. The van der Waals surface area contributed by atoms with E-state index in [4.69, 9.17) is 20.6 Å². The second-order valence-electron chi connectivity index (χ2n) is 19.8. The number of nitrogens with zero attached hydrogens (tertiary/aromatic N) is 9. The van der Waals surface area contributed by atoms with E-state index in [0.29, 0.717) is 42.2 Å². The standard InChI is InChI=1S/C52H61N11O5/c53-48-46-47(36-8-11-42(12-9-36)68-41-6-2-1-3-7-41)57-63(49(46)55-33-54-48)40-5-4-22-61(32-40)38-20-27-60(28-21-38)52(67)59-25-18-35(19-26-59)29-34-16-23-58(24-17-34)39-10-13-43-37(30-39)31-62(51(43)66)44-14-15-45(64)56-50(44)65/h1-3,6-13,30,33-35,38,40,44H,4-5,14-29,31-32H2,(H2,53,54,55)(H,56,64,65)/t40-,44?/m1/s1. The summed E-state index contributed by atoms with van der Waals surface area (Å²) < 4.78 is 8.12. The van der Waals surface area contributed by atoms with Crippen molar-refractivity contribution in [3.05, 3.63) is 90.3 Å². The summed E-state index contributed by atoms with van der Waals surface area (Å²) in [6.45, 7) is 7.50. The first-order valence-corrected chi connectivity index (χ1v) is 24.8. The van der Waals surface area contributed by atoms with Crippen LogP contribution in [0, 0.1) is 11.8 Å². The first-order valence-electron chi connectivity index (χ1n) is 24.8. The molecular weight excluding hydrogens is 859 g/mol. The van der Waals surface area contributed by atoms with Crippen molar-refractivity contribution in [3.8, 4) is 22.8 Å². The van der Waals surface area contributed by atoms with E-state index in [-0.39, 0.29) is 36.2 Å². The summed E-state index contributed by atoms with van der Waals surface area (Å²) in [4.78, 5) is 71.2. The lowest BCUT2D eigenvalue weighted by Crippen LogP contribution is -2.53. The zero-order chi connectivity index (χ0) is 46.3. The van der Waals surface area contributed by atoms with Crippen LogP contribution in [0.25, 0.3) is 22.3 Å². The predicted molar refractivity (Wildman–Crippen MR) is 258 cm³/mol. The fourth-order valence-electron chi connectivity index (χ4n) is 11.9. The molecule has 5 aromatic rings. The van der Waals surface area contributed by atoms with Crippen LogP contribution in [0.15, 0.2) is 79.1 Å². The second-order valence-corrected chi connectivity index (χ2v) is 19.8. The Balaban J connectivity index is 0.636. The third-order valence-electron chi connectivity index (χ3n) is 15.7. The van der Waals surface area contributed by atoms with Crippen molar-refractivity contribution in [2.24, 2.45) is 11.8 Å². The number of imide groups is 1. The molecule has 5 saturated heterocycles. The topological polar surface area (TPSA) is 175 Å². The number of carbonyl (C=O) groups is 4. The molecule has 3 N–H and O–H groups in total. The third kappa shape index (κ3) is 8.85. The molecule has 2 atom stereocenters. The number of hydrogen-bond donors (Lipinski definition) is 2. The zero-order valence-corrected chi connectivity index (χ0v) is 38.7. The number of fused-ring (bicyclic) bond motifs is 2. The molecule has 16 heteroatoms. The fourth-order valence-corrected chi connectivity index (χ4v) is 11.9. The zero-order valence-electron chi connectivity index (χ0n) is 38.7. The Morgan fingerprint density at radius 1 is 0.750 bits per heavy atom. The average Bonchev–Trinajstić information content (AvgIpc) is 3.93. The Morgan fingerprint density at radius 3 is 2.19 bits per heavy atom. The summed E-state index contributed by atoms with van der Waals surface area (Å²) in [5.41, 5.74) is 11.7. The van der Waals surface area contributed by atoms with Gasteiger partial charge in [0, 0.05) is 81.6 Å². The van der Waals surface area contributed by atoms with E-state index in [9.17, 15) is 19.2 Å². The van der Waals surface area contributed by atoms with Crippen LogP contribution in [0.3, 0.4) is 0 Å². The maximum atomic E-state index is 13.9. The van der Waals surface area contributed by atoms with Gasteiger partial charge in [0.1, 0.15) is 35.4 Å². The van der Waals surface area contributed by atoms with Crippen LogP contribution in [-0.4, -0.2) is 128 Å².